The number of methoxy groups -OCH3 is 3. The minimum absolute atomic E-state index is 0.0932. The number of carbonyl (C=O) groups is 1. The number of ether oxygens (including phenoxy) is 4. The van der Waals surface area contributed by atoms with E-state index < -0.39 is 5.82 Å². The largest absolute Gasteiger partial charge is 0.493 e. The standard InChI is InChI=1S/C22H27FN2O5/c1-27-19-9-8-16(21(28-2)22(19)29-3)14-24-10-12-25(13-11-24)20(26)15-30-18-7-5-4-6-17(18)23/h4-9H,10-15H2,1-3H3/p+1. The molecule has 0 aliphatic carbocycles. The van der Waals surface area contributed by atoms with E-state index in [4.69, 9.17) is 18.9 Å². The van der Waals surface area contributed by atoms with Crippen molar-refractivity contribution >= 4 is 5.91 Å². The van der Waals surface area contributed by atoms with Crippen molar-refractivity contribution in [2.45, 2.75) is 6.54 Å². The molecule has 8 heteroatoms. The van der Waals surface area contributed by atoms with Crippen LogP contribution in [0, 0.1) is 5.82 Å². The monoisotopic (exact) mass is 419 g/mol. The number of rotatable bonds is 8. The molecule has 1 aliphatic rings. The summed E-state index contributed by atoms with van der Waals surface area (Å²) in [5.41, 5.74) is 1.02. The molecule has 2 aromatic rings. The van der Waals surface area contributed by atoms with Crippen LogP contribution in [0.3, 0.4) is 0 Å². The van der Waals surface area contributed by atoms with E-state index in [0.29, 0.717) is 30.3 Å². The van der Waals surface area contributed by atoms with Crippen molar-refractivity contribution in [3.63, 3.8) is 0 Å². The molecule has 2 aromatic carbocycles. The van der Waals surface area contributed by atoms with E-state index in [9.17, 15) is 9.18 Å². The van der Waals surface area contributed by atoms with Gasteiger partial charge >= 0.3 is 0 Å². The average Bonchev–Trinajstić information content (AvgIpc) is 2.78. The van der Waals surface area contributed by atoms with Gasteiger partial charge < -0.3 is 28.7 Å². The van der Waals surface area contributed by atoms with Crippen LogP contribution in [0.5, 0.6) is 23.0 Å². The lowest BCUT2D eigenvalue weighted by Gasteiger charge is -2.32. The number of piperazine rings is 1. The van der Waals surface area contributed by atoms with Gasteiger partial charge in [-0.05, 0) is 24.3 Å². The molecule has 0 spiro atoms. The van der Waals surface area contributed by atoms with Crippen molar-refractivity contribution in [3.8, 4) is 23.0 Å². The maximum Gasteiger partial charge on any atom is 0.260 e. The van der Waals surface area contributed by atoms with Crippen LogP contribution < -0.4 is 23.8 Å². The number of nitrogens with zero attached hydrogens (tertiary/aromatic N) is 1. The summed E-state index contributed by atoms with van der Waals surface area (Å²) in [6.45, 7) is 3.40. The van der Waals surface area contributed by atoms with Crippen molar-refractivity contribution in [2.75, 3.05) is 54.1 Å². The molecule has 1 N–H and O–H groups in total. The smallest absolute Gasteiger partial charge is 0.260 e. The quantitative estimate of drug-likeness (QED) is 0.696. The topological polar surface area (TPSA) is 61.7 Å². The van der Waals surface area contributed by atoms with Gasteiger partial charge in [-0.1, -0.05) is 12.1 Å². The molecule has 1 aliphatic heterocycles. The number of hydrogen-bond donors (Lipinski definition) is 1. The molecule has 1 heterocycles. The van der Waals surface area contributed by atoms with E-state index in [1.807, 2.05) is 12.1 Å². The number of halogens is 1. The Labute approximate surface area is 175 Å². The number of amides is 1. The van der Waals surface area contributed by atoms with Crippen LogP contribution in [0.15, 0.2) is 36.4 Å². The molecule has 0 saturated carbocycles. The highest BCUT2D eigenvalue weighted by atomic mass is 19.1. The second-order valence-corrected chi connectivity index (χ2v) is 7.02. The van der Waals surface area contributed by atoms with Gasteiger partial charge in [-0.3, -0.25) is 4.79 Å². The number of nitrogens with one attached hydrogen (secondary N) is 1. The Kier molecular flexibility index (Phi) is 7.35. The fraction of sp³-hybridized carbons (Fsp3) is 0.409. The van der Waals surface area contributed by atoms with E-state index in [0.717, 1.165) is 25.2 Å². The summed E-state index contributed by atoms with van der Waals surface area (Å²) in [5.74, 6) is 1.36. The number of para-hydroxylation sites is 1. The molecule has 0 aromatic heterocycles. The van der Waals surface area contributed by atoms with Crippen molar-refractivity contribution in [1.29, 1.82) is 0 Å². The first-order valence-corrected chi connectivity index (χ1v) is 9.83. The van der Waals surface area contributed by atoms with Gasteiger partial charge in [0, 0.05) is 0 Å². The van der Waals surface area contributed by atoms with E-state index in [2.05, 4.69) is 0 Å². The highest BCUT2D eigenvalue weighted by Crippen LogP contribution is 2.39. The molecule has 30 heavy (non-hydrogen) atoms. The van der Waals surface area contributed by atoms with Gasteiger partial charge in [0.2, 0.25) is 5.75 Å². The molecule has 3 rings (SSSR count). The van der Waals surface area contributed by atoms with E-state index in [1.54, 1.807) is 38.4 Å². The van der Waals surface area contributed by atoms with Crippen molar-refractivity contribution in [2.24, 2.45) is 0 Å². The van der Waals surface area contributed by atoms with Crippen LogP contribution >= 0.6 is 0 Å². The molecule has 0 atom stereocenters. The lowest BCUT2D eigenvalue weighted by molar-refractivity contribution is -0.917. The highest BCUT2D eigenvalue weighted by Gasteiger charge is 2.26. The molecule has 1 fully saturated rings. The second kappa shape index (κ2) is 10.2. The molecule has 0 radical (unpaired) electrons. The predicted molar refractivity (Wildman–Crippen MR) is 109 cm³/mol. The summed E-state index contributed by atoms with van der Waals surface area (Å²) in [7, 11) is 4.79. The van der Waals surface area contributed by atoms with Gasteiger partial charge in [0.05, 0.1) is 53.1 Å². The third-order valence-electron chi connectivity index (χ3n) is 5.24. The van der Waals surface area contributed by atoms with Crippen LogP contribution in [0.4, 0.5) is 4.39 Å². The molecular formula is C22H28FN2O5+. The van der Waals surface area contributed by atoms with Crippen LogP contribution in [-0.2, 0) is 11.3 Å². The Bertz CT molecular complexity index is 869. The number of benzene rings is 2. The molecule has 0 bridgehead atoms. The first-order chi connectivity index (χ1) is 14.6. The summed E-state index contributed by atoms with van der Waals surface area (Å²) < 4.78 is 35.3. The number of quaternary nitrogens is 1. The third kappa shape index (κ3) is 4.94. The van der Waals surface area contributed by atoms with Crippen molar-refractivity contribution in [3.05, 3.63) is 47.8 Å². The molecule has 162 valence electrons. The lowest BCUT2D eigenvalue weighted by atomic mass is 10.1. The predicted octanol–water partition coefficient (Wildman–Crippen LogP) is 1.16. The van der Waals surface area contributed by atoms with Gasteiger partial charge in [-0.25, -0.2) is 4.39 Å². The van der Waals surface area contributed by atoms with E-state index >= 15 is 0 Å². The Balaban J connectivity index is 1.54. The van der Waals surface area contributed by atoms with Crippen LogP contribution in [0.2, 0.25) is 0 Å². The highest BCUT2D eigenvalue weighted by molar-refractivity contribution is 5.77. The Morgan fingerprint density at radius 2 is 1.67 bits per heavy atom. The first-order valence-electron chi connectivity index (χ1n) is 9.83. The number of carbonyl (C=O) groups excluding carboxylic acids is 1. The fourth-order valence-corrected chi connectivity index (χ4v) is 3.61. The second-order valence-electron chi connectivity index (χ2n) is 7.02. The number of hydrogen-bond acceptors (Lipinski definition) is 5. The van der Waals surface area contributed by atoms with Crippen LogP contribution in [0.1, 0.15) is 5.56 Å². The third-order valence-corrected chi connectivity index (χ3v) is 5.24. The zero-order chi connectivity index (χ0) is 21.5. The lowest BCUT2D eigenvalue weighted by Crippen LogP contribution is -3.13. The van der Waals surface area contributed by atoms with Crippen LogP contribution in [0.25, 0.3) is 0 Å². The minimum Gasteiger partial charge on any atom is -0.493 e. The van der Waals surface area contributed by atoms with Gasteiger partial charge in [0.15, 0.2) is 29.7 Å². The summed E-state index contributed by atoms with van der Waals surface area (Å²) >= 11 is 0. The van der Waals surface area contributed by atoms with Gasteiger partial charge in [-0.2, -0.15) is 0 Å². The fourth-order valence-electron chi connectivity index (χ4n) is 3.61. The molecule has 0 unspecified atom stereocenters. The summed E-state index contributed by atoms with van der Waals surface area (Å²) in [6.07, 6.45) is 0. The molecule has 1 saturated heterocycles. The zero-order valence-corrected chi connectivity index (χ0v) is 17.6. The van der Waals surface area contributed by atoms with Gasteiger partial charge in [0.25, 0.3) is 5.91 Å². The molecule has 1 amide bonds. The normalized spacial score (nSPS) is 14.3. The average molecular weight is 419 g/mol. The maximum atomic E-state index is 13.6. The van der Waals surface area contributed by atoms with Crippen molar-refractivity contribution < 1.29 is 33.0 Å². The zero-order valence-electron chi connectivity index (χ0n) is 17.6. The first kappa shape index (κ1) is 21.7. The summed E-state index contributed by atoms with van der Waals surface area (Å²) in [6, 6.07) is 9.93. The Hall–Kier alpha value is -3.00. The molecule has 7 nitrogen and oxygen atoms in total. The van der Waals surface area contributed by atoms with Gasteiger partial charge in [-0.15, -0.1) is 0 Å². The Morgan fingerprint density at radius 3 is 2.30 bits per heavy atom. The minimum atomic E-state index is -0.469. The summed E-state index contributed by atoms with van der Waals surface area (Å²) in [5, 5.41) is 0. The summed E-state index contributed by atoms with van der Waals surface area (Å²) in [4.78, 5) is 15.5. The van der Waals surface area contributed by atoms with Crippen LogP contribution in [-0.4, -0.2) is 64.9 Å². The van der Waals surface area contributed by atoms with E-state index in [1.165, 1.54) is 17.0 Å². The SMILES string of the molecule is COc1ccc(C[NH+]2CCN(C(=O)COc3ccccc3F)CC2)c(OC)c1OC. The molecular weight excluding hydrogens is 391 g/mol. The van der Waals surface area contributed by atoms with Crippen molar-refractivity contribution in [1.82, 2.24) is 4.90 Å². The maximum absolute atomic E-state index is 13.6. The Morgan fingerprint density at radius 1 is 0.967 bits per heavy atom. The van der Waals surface area contributed by atoms with Gasteiger partial charge in [0.1, 0.15) is 6.54 Å². The van der Waals surface area contributed by atoms with E-state index in [-0.39, 0.29) is 18.3 Å².